The molecular formula is C14H17N3O2S. The number of carbonyl (C=O) groups is 2. The average Bonchev–Trinajstić information content (AvgIpc) is 2.74. The Labute approximate surface area is 122 Å². The van der Waals surface area contributed by atoms with Gasteiger partial charge in [-0.2, -0.15) is 4.99 Å². The second kappa shape index (κ2) is 6.09. The molecular weight excluding hydrogens is 274 g/mol. The van der Waals surface area contributed by atoms with E-state index >= 15 is 0 Å². The van der Waals surface area contributed by atoms with Crippen LogP contribution in [0.4, 0.5) is 5.69 Å². The summed E-state index contributed by atoms with van der Waals surface area (Å²) in [7, 11) is 3.66. The lowest BCUT2D eigenvalue weighted by molar-refractivity contribution is -0.121. The van der Waals surface area contributed by atoms with Crippen LogP contribution in [0.2, 0.25) is 0 Å². The molecule has 6 heteroatoms. The van der Waals surface area contributed by atoms with Crippen molar-refractivity contribution in [3.05, 3.63) is 29.8 Å². The van der Waals surface area contributed by atoms with E-state index in [-0.39, 0.29) is 18.2 Å². The summed E-state index contributed by atoms with van der Waals surface area (Å²) < 4.78 is 0. The Morgan fingerprint density at radius 2 is 2.10 bits per heavy atom. The molecule has 0 saturated carbocycles. The third-order valence-electron chi connectivity index (χ3n) is 2.90. The van der Waals surface area contributed by atoms with E-state index in [9.17, 15) is 9.59 Å². The molecule has 1 N–H and O–H groups in total. The first-order chi connectivity index (χ1) is 9.47. The predicted molar refractivity (Wildman–Crippen MR) is 81.9 cm³/mol. The number of anilines is 1. The van der Waals surface area contributed by atoms with Gasteiger partial charge < -0.3 is 10.2 Å². The van der Waals surface area contributed by atoms with E-state index in [1.54, 1.807) is 4.90 Å². The summed E-state index contributed by atoms with van der Waals surface area (Å²) in [4.78, 5) is 29.4. The van der Waals surface area contributed by atoms with Crippen molar-refractivity contribution in [1.82, 2.24) is 4.90 Å². The van der Waals surface area contributed by atoms with Crippen LogP contribution in [0.3, 0.4) is 0 Å². The molecule has 1 atom stereocenters. The van der Waals surface area contributed by atoms with E-state index in [0.29, 0.717) is 5.17 Å². The summed E-state index contributed by atoms with van der Waals surface area (Å²) in [6.07, 6.45) is 0.138. The SMILES string of the molecule is Cc1ccccc1NC(=O)C[C@@H]1SC(N(C)C)=NC1=O. The molecule has 2 amide bonds. The van der Waals surface area contributed by atoms with E-state index in [4.69, 9.17) is 0 Å². The summed E-state index contributed by atoms with van der Waals surface area (Å²) in [5.41, 5.74) is 1.78. The number of hydrogen-bond donors (Lipinski definition) is 1. The van der Waals surface area contributed by atoms with Gasteiger partial charge in [0.25, 0.3) is 5.91 Å². The van der Waals surface area contributed by atoms with Crippen molar-refractivity contribution in [3.63, 3.8) is 0 Å². The smallest absolute Gasteiger partial charge is 0.262 e. The molecule has 0 aromatic heterocycles. The van der Waals surface area contributed by atoms with Crippen LogP contribution in [-0.2, 0) is 9.59 Å². The first-order valence-corrected chi connectivity index (χ1v) is 7.17. The van der Waals surface area contributed by atoms with E-state index < -0.39 is 5.25 Å². The molecule has 0 aliphatic carbocycles. The van der Waals surface area contributed by atoms with Crippen LogP contribution in [-0.4, -0.2) is 41.2 Å². The second-order valence-corrected chi connectivity index (χ2v) is 5.97. The fraction of sp³-hybridized carbons (Fsp3) is 0.357. The van der Waals surface area contributed by atoms with Crippen LogP contribution in [0.15, 0.2) is 29.3 Å². The normalized spacial score (nSPS) is 17.9. The Bertz CT molecular complexity index is 569. The van der Waals surface area contributed by atoms with Crippen molar-refractivity contribution in [2.24, 2.45) is 4.99 Å². The summed E-state index contributed by atoms with van der Waals surface area (Å²) >= 11 is 1.34. The van der Waals surface area contributed by atoms with Gasteiger partial charge in [-0.15, -0.1) is 0 Å². The highest BCUT2D eigenvalue weighted by atomic mass is 32.2. The van der Waals surface area contributed by atoms with Gasteiger partial charge >= 0.3 is 0 Å². The van der Waals surface area contributed by atoms with Crippen LogP contribution in [0.5, 0.6) is 0 Å². The maximum Gasteiger partial charge on any atom is 0.262 e. The Morgan fingerprint density at radius 3 is 2.70 bits per heavy atom. The van der Waals surface area contributed by atoms with Gasteiger partial charge in [-0.3, -0.25) is 9.59 Å². The maximum absolute atomic E-state index is 12.0. The number of thioether (sulfide) groups is 1. The van der Waals surface area contributed by atoms with Crippen molar-refractivity contribution >= 4 is 34.4 Å². The highest BCUT2D eigenvalue weighted by Gasteiger charge is 2.31. The van der Waals surface area contributed by atoms with Gasteiger partial charge in [-0.1, -0.05) is 30.0 Å². The number of hydrogen-bond acceptors (Lipinski definition) is 4. The van der Waals surface area contributed by atoms with Crippen LogP contribution in [0, 0.1) is 6.92 Å². The monoisotopic (exact) mass is 291 g/mol. The Hall–Kier alpha value is -1.82. The van der Waals surface area contributed by atoms with Crippen molar-refractivity contribution < 1.29 is 9.59 Å². The molecule has 1 aromatic carbocycles. The first-order valence-electron chi connectivity index (χ1n) is 6.29. The van der Waals surface area contributed by atoms with Gasteiger partial charge in [0.05, 0.1) is 0 Å². The molecule has 106 valence electrons. The zero-order valence-electron chi connectivity index (χ0n) is 11.7. The summed E-state index contributed by atoms with van der Waals surface area (Å²) in [6, 6.07) is 7.56. The standard InChI is InChI=1S/C14H17N3O2S/c1-9-6-4-5-7-10(9)15-12(18)8-11-13(19)16-14(20-11)17(2)3/h4-7,11H,8H2,1-3H3,(H,15,18)/t11-/m0/s1. The van der Waals surface area contributed by atoms with E-state index in [1.807, 2.05) is 45.3 Å². The number of nitrogens with zero attached hydrogens (tertiary/aromatic N) is 2. The fourth-order valence-corrected chi connectivity index (χ4v) is 2.78. The number of benzene rings is 1. The van der Waals surface area contributed by atoms with Crippen LogP contribution in [0.25, 0.3) is 0 Å². The number of carbonyl (C=O) groups excluding carboxylic acids is 2. The minimum atomic E-state index is -0.420. The molecule has 1 aliphatic rings. The number of rotatable bonds is 3. The molecule has 0 radical (unpaired) electrons. The third kappa shape index (κ3) is 3.39. The molecule has 0 fully saturated rings. The zero-order chi connectivity index (χ0) is 14.7. The Morgan fingerprint density at radius 1 is 1.40 bits per heavy atom. The Balaban J connectivity index is 1.94. The maximum atomic E-state index is 12.0. The third-order valence-corrected chi connectivity index (χ3v) is 4.22. The van der Waals surface area contributed by atoms with Gasteiger partial charge in [0.15, 0.2) is 5.17 Å². The fourth-order valence-electron chi connectivity index (χ4n) is 1.79. The lowest BCUT2D eigenvalue weighted by Gasteiger charge is -2.12. The highest BCUT2D eigenvalue weighted by molar-refractivity contribution is 8.15. The number of amides is 2. The number of para-hydroxylation sites is 1. The van der Waals surface area contributed by atoms with Crippen molar-refractivity contribution in [3.8, 4) is 0 Å². The average molecular weight is 291 g/mol. The lowest BCUT2D eigenvalue weighted by atomic mass is 10.2. The number of aliphatic imine (C=N–C) groups is 1. The van der Waals surface area contributed by atoms with Crippen LogP contribution >= 0.6 is 11.8 Å². The molecule has 5 nitrogen and oxygen atoms in total. The van der Waals surface area contributed by atoms with Crippen molar-refractivity contribution in [2.45, 2.75) is 18.6 Å². The summed E-state index contributed by atoms with van der Waals surface area (Å²) in [5.74, 6) is -0.404. The van der Waals surface area contributed by atoms with E-state index in [2.05, 4.69) is 10.3 Å². The first kappa shape index (κ1) is 14.6. The highest BCUT2D eigenvalue weighted by Crippen LogP contribution is 2.26. The van der Waals surface area contributed by atoms with Gasteiger partial charge in [0, 0.05) is 26.2 Å². The quantitative estimate of drug-likeness (QED) is 0.923. The largest absolute Gasteiger partial charge is 0.357 e. The van der Waals surface area contributed by atoms with Gasteiger partial charge in [-0.05, 0) is 18.6 Å². The van der Waals surface area contributed by atoms with Crippen LogP contribution < -0.4 is 5.32 Å². The molecule has 0 bridgehead atoms. The molecule has 0 saturated heterocycles. The van der Waals surface area contributed by atoms with E-state index in [0.717, 1.165) is 11.3 Å². The number of nitrogens with one attached hydrogen (secondary N) is 1. The minimum Gasteiger partial charge on any atom is -0.357 e. The second-order valence-electron chi connectivity index (χ2n) is 4.80. The Kier molecular flexibility index (Phi) is 4.44. The van der Waals surface area contributed by atoms with Gasteiger partial charge in [0.1, 0.15) is 5.25 Å². The van der Waals surface area contributed by atoms with Gasteiger partial charge in [0.2, 0.25) is 5.91 Å². The van der Waals surface area contributed by atoms with Crippen molar-refractivity contribution in [1.29, 1.82) is 0 Å². The topological polar surface area (TPSA) is 61.8 Å². The van der Waals surface area contributed by atoms with Crippen molar-refractivity contribution in [2.75, 3.05) is 19.4 Å². The van der Waals surface area contributed by atoms with E-state index in [1.165, 1.54) is 11.8 Å². The molecule has 1 aliphatic heterocycles. The van der Waals surface area contributed by atoms with Crippen LogP contribution in [0.1, 0.15) is 12.0 Å². The molecule has 0 spiro atoms. The van der Waals surface area contributed by atoms with Gasteiger partial charge in [-0.25, -0.2) is 0 Å². The lowest BCUT2D eigenvalue weighted by Crippen LogP contribution is -2.22. The molecule has 1 heterocycles. The molecule has 2 rings (SSSR count). The minimum absolute atomic E-state index is 0.138. The molecule has 20 heavy (non-hydrogen) atoms. The zero-order valence-corrected chi connectivity index (χ0v) is 12.5. The summed E-state index contributed by atoms with van der Waals surface area (Å²) in [5, 5.41) is 3.07. The summed E-state index contributed by atoms with van der Waals surface area (Å²) in [6.45, 7) is 1.93. The number of aryl methyl sites for hydroxylation is 1. The predicted octanol–water partition coefficient (Wildman–Crippen LogP) is 1.88. The number of amidine groups is 1. The molecule has 1 aromatic rings. The molecule has 0 unspecified atom stereocenters.